The summed E-state index contributed by atoms with van der Waals surface area (Å²) >= 11 is 6.50. The summed E-state index contributed by atoms with van der Waals surface area (Å²) in [5, 5.41) is 3.65. The highest BCUT2D eigenvalue weighted by Crippen LogP contribution is 2.30. The van der Waals surface area contributed by atoms with Crippen LogP contribution in [0.15, 0.2) is 48.8 Å². The fraction of sp³-hybridized carbons (Fsp3) is 0.227. The second-order valence-electron chi connectivity index (χ2n) is 6.94. The van der Waals surface area contributed by atoms with Gasteiger partial charge < -0.3 is 9.88 Å². The van der Waals surface area contributed by atoms with Crippen molar-refractivity contribution < 1.29 is 4.39 Å². The summed E-state index contributed by atoms with van der Waals surface area (Å²) in [6.45, 7) is 4.80. The number of rotatable bonds is 6. The van der Waals surface area contributed by atoms with E-state index in [9.17, 15) is 4.39 Å². The molecule has 0 amide bonds. The number of hydrogen-bond acceptors (Lipinski definition) is 4. The standard InChI is InChI=1S/C22H21ClFN5/c1-3-4-9-29-20-11-16(24)6-8-19(20)28-22(29)15-10-18(23)21(26-12-15)27-17-7-5-14(2)25-13-17/h5-8,10-13H,3-4,9H2,1-2H3,(H,26,27). The number of aryl methyl sites for hydroxylation is 2. The predicted molar refractivity (Wildman–Crippen MR) is 115 cm³/mol. The molecule has 4 aromatic rings. The third-order valence-corrected chi connectivity index (χ3v) is 5.01. The van der Waals surface area contributed by atoms with Crippen LogP contribution in [0.4, 0.5) is 15.9 Å². The Labute approximate surface area is 173 Å². The lowest BCUT2D eigenvalue weighted by Gasteiger charge is -2.11. The molecule has 1 aromatic carbocycles. The smallest absolute Gasteiger partial charge is 0.149 e. The molecule has 0 unspecified atom stereocenters. The maximum absolute atomic E-state index is 13.8. The van der Waals surface area contributed by atoms with Crippen molar-refractivity contribution in [3.63, 3.8) is 0 Å². The number of nitrogens with zero attached hydrogens (tertiary/aromatic N) is 4. The van der Waals surface area contributed by atoms with E-state index >= 15 is 0 Å². The van der Waals surface area contributed by atoms with E-state index in [2.05, 4.69) is 22.2 Å². The van der Waals surface area contributed by atoms with Gasteiger partial charge in [0.2, 0.25) is 0 Å². The summed E-state index contributed by atoms with van der Waals surface area (Å²) in [6.07, 6.45) is 5.47. The van der Waals surface area contributed by atoms with Crippen LogP contribution in [0.1, 0.15) is 25.5 Å². The van der Waals surface area contributed by atoms with Crippen molar-refractivity contribution in [3.05, 3.63) is 65.3 Å². The molecule has 7 heteroatoms. The van der Waals surface area contributed by atoms with Crippen molar-refractivity contribution in [2.24, 2.45) is 0 Å². The van der Waals surface area contributed by atoms with Gasteiger partial charge in [0.25, 0.3) is 0 Å². The van der Waals surface area contributed by atoms with E-state index in [4.69, 9.17) is 16.6 Å². The van der Waals surface area contributed by atoms with Crippen LogP contribution < -0.4 is 5.32 Å². The highest BCUT2D eigenvalue weighted by Gasteiger charge is 2.15. The van der Waals surface area contributed by atoms with Crippen molar-refractivity contribution in [3.8, 4) is 11.4 Å². The van der Waals surface area contributed by atoms with Crippen LogP contribution in [0, 0.1) is 12.7 Å². The van der Waals surface area contributed by atoms with E-state index < -0.39 is 0 Å². The minimum atomic E-state index is -0.274. The number of pyridine rings is 2. The first-order chi connectivity index (χ1) is 14.0. The van der Waals surface area contributed by atoms with Gasteiger partial charge in [0.15, 0.2) is 0 Å². The van der Waals surface area contributed by atoms with E-state index in [0.717, 1.165) is 53.2 Å². The van der Waals surface area contributed by atoms with Gasteiger partial charge in [-0.25, -0.2) is 14.4 Å². The molecule has 0 spiro atoms. The number of fused-ring (bicyclic) bond motifs is 1. The Balaban J connectivity index is 1.71. The van der Waals surface area contributed by atoms with Crippen molar-refractivity contribution in [2.45, 2.75) is 33.2 Å². The molecule has 148 valence electrons. The van der Waals surface area contributed by atoms with Crippen molar-refractivity contribution in [2.75, 3.05) is 5.32 Å². The molecule has 4 rings (SSSR count). The summed E-state index contributed by atoms with van der Waals surface area (Å²) in [6, 6.07) is 10.3. The van der Waals surface area contributed by atoms with E-state index in [1.807, 2.05) is 29.7 Å². The van der Waals surface area contributed by atoms with Crippen molar-refractivity contribution in [1.82, 2.24) is 19.5 Å². The highest BCUT2D eigenvalue weighted by atomic mass is 35.5. The quantitative estimate of drug-likeness (QED) is 0.415. The average Bonchev–Trinajstić information content (AvgIpc) is 3.07. The molecule has 5 nitrogen and oxygen atoms in total. The van der Waals surface area contributed by atoms with Crippen LogP contribution >= 0.6 is 11.6 Å². The Morgan fingerprint density at radius 2 is 1.97 bits per heavy atom. The van der Waals surface area contributed by atoms with Gasteiger partial charge in [-0.15, -0.1) is 0 Å². The molecule has 0 bridgehead atoms. The summed E-state index contributed by atoms with van der Waals surface area (Å²) < 4.78 is 15.8. The van der Waals surface area contributed by atoms with Crippen LogP contribution in [0.2, 0.25) is 5.02 Å². The highest BCUT2D eigenvalue weighted by molar-refractivity contribution is 6.33. The van der Waals surface area contributed by atoms with Crippen molar-refractivity contribution >= 4 is 34.1 Å². The number of hydrogen-bond donors (Lipinski definition) is 1. The summed E-state index contributed by atoms with van der Waals surface area (Å²) in [4.78, 5) is 13.5. The Kier molecular flexibility index (Phi) is 5.45. The fourth-order valence-electron chi connectivity index (χ4n) is 3.19. The molecule has 0 aliphatic carbocycles. The number of anilines is 2. The lowest BCUT2D eigenvalue weighted by atomic mass is 10.2. The Morgan fingerprint density at radius 1 is 1.10 bits per heavy atom. The lowest BCUT2D eigenvalue weighted by molar-refractivity contribution is 0.624. The van der Waals surface area contributed by atoms with Gasteiger partial charge in [-0.05, 0) is 49.7 Å². The molecule has 0 fully saturated rings. The zero-order chi connectivity index (χ0) is 20.4. The monoisotopic (exact) mass is 409 g/mol. The zero-order valence-electron chi connectivity index (χ0n) is 16.3. The molecule has 0 aliphatic heterocycles. The fourth-order valence-corrected chi connectivity index (χ4v) is 3.40. The van der Waals surface area contributed by atoms with E-state index in [0.29, 0.717) is 10.8 Å². The third kappa shape index (κ3) is 4.07. The topological polar surface area (TPSA) is 55.6 Å². The van der Waals surface area contributed by atoms with Crippen LogP contribution in [0.5, 0.6) is 0 Å². The largest absolute Gasteiger partial charge is 0.338 e. The number of aromatic nitrogens is 4. The van der Waals surface area contributed by atoms with Gasteiger partial charge in [-0.1, -0.05) is 24.9 Å². The second-order valence-corrected chi connectivity index (χ2v) is 7.35. The molecular formula is C22H21ClFN5. The van der Waals surface area contributed by atoms with Gasteiger partial charge in [-0.2, -0.15) is 0 Å². The first-order valence-corrected chi connectivity index (χ1v) is 9.94. The van der Waals surface area contributed by atoms with Crippen LogP contribution in [0.3, 0.4) is 0 Å². The van der Waals surface area contributed by atoms with Crippen LogP contribution in [-0.2, 0) is 6.54 Å². The van der Waals surface area contributed by atoms with Gasteiger partial charge in [0, 0.05) is 24.0 Å². The number of unbranched alkanes of at least 4 members (excludes halogenated alkanes) is 1. The maximum Gasteiger partial charge on any atom is 0.149 e. The van der Waals surface area contributed by atoms with Crippen LogP contribution in [0.25, 0.3) is 22.4 Å². The van der Waals surface area contributed by atoms with E-state index in [-0.39, 0.29) is 5.82 Å². The summed E-state index contributed by atoms with van der Waals surface area (Å²) in [7, 11) is 0. The van der Waals surface area contributed by atoms with Gasteiger partial charge in [-0.3, -0.25) is 4.98 Å². The second kappa shape index (κ2) is 8.17. The number of imidazole rings is 1. The minimum absolute atomic E-state index is 0.274. The molecule has 3 aromatic heterocycles. The van der Waals surface area contributed by atoms with Gasteiger partial charge in [0.1, 0.15) is 17.5 Å². The van der Waals surface area contributed by atoms with Crippen LogP contribution in [-0.4, -0.2) is 19.5 Å². The molecule has 1 N–H and O–H groups in total. The maximum atomic E-state index is 13.8. The summed E-state index contributed by atoms with van der Waals surface area (Å²) in [5.41, 5.74) is 4.06. The van der Waals surface area contributed by atoms with E-state index in [1.54, 1.807) is 18.5 Å². The first-order valence-electron chi connectivity index (χ1n) is 9.56. The molecule has 0 radical (unpaired) electrons. The normalized spacial score (nSPS) is 11.2. The van der Waals surface area contributed by atoms with Gasteiger partial charge >= 0.3 is 0 Å². The first kappa shape index (κ1) is 19.3. The number of halogens is 2. The molecule has 0 aliphatic rings. The molecule has 0 saturated carbocycles. The average molecular weight is 410 g/mol. The molecule has 29 heavy (non-hydrogen) atoms. The molecule has 0 atom stereocenters. The molecular weight excluding hydrogens is 389 g/mol. The Bertz CT molecular complexity index is 1150. The van der Waals surface area contributed by atoms with Gasteiger partial charge in [0.05, 0.1) is 27.9 Å². The predicted octanol–water partition coefficient (Wildman–Crippen LogP) is 6.14. The van der Waals surface area contributed by atoms with E-state index in [1.165, 1.54) is 12.1 Å². The number of nitrogens with one attached hydrogen (secondary N) is 1. The zero-order valence-corrected chi connectivity index (χ0v) is 17.0. The lowest BCUT2D eigenvalue weighted by Crippen LogP contribution is -2.02. The van der Waals surface area contributed by atoms with Crippen molar-refractivity contribution in [1.29, 1.82) is 0 Å². The third-order valence-electron chi connectivity index (χ3n) is 4.72. The summed E-state index contributed by atoms with van der Waals surface area (Å²) in [5.74, 6) is 1.00. The molecule has 3 heterocycles. The minimum Gasteiger partial charge on any atom is -0.338 e. The Hall–Kier alpha value is -2.99. The number of benzene rings is 1. The Morgan fingerprint density at radius 3 is 2.69 bits per heavy atom. The molecule has 0 saturated heterocycles. The SMILES string of the molecule is CCCCn1c(-c2cnc(Nc3ccc(C)nc3)c(Cl)c2)nc2ccc(F)cc21.